The normalized spacial score (nSPS) is 15.8. The number of fused-ring (bicyclic) bond motifs is 1. The Bertz CT molecular complexity index is 1060. The molecule has 4 rings (SSSR count). The summed E-state index contributed by atoms with van der Waals surface area (Å²) in [6.45, 7) is 2.11. The lowest BCUT2D eigenvalue weighted by Crippen LogP contribution is -2.31. The Hall–Kier alpha value is -3.14. The summed E-state index contributed by atoms with van der Waals surface area (Å²) in [5.74, 6) is 0.889. The Morgan fingerprint density at radius 3 is 2.72 bits per heavy atom. The molecule has 150 valence electrons. The smallest absolute Gasteiger partial charge is 0.433 e. The van der Waals surface area contributed by atoms with Gasteiger partial charge in [0, 0.05) is 10.9 Å². The van der Waals surface area contributed by atoms with Gasteiger partial charge in [0.2, 0.25) is 0 Å². The Balaban J connectivity index is 1.72. The summed E-state index contributed by atoms with van der Waals surface area (Å²) in [7, 11) is 0. The van der Waals surface area contributed by atoms with Crippen LogP contribution in [0, 0.1) is 5.92 Å². The van der Waals surface area contributed by atoms with Crippen LogP contribution >= 0.6 is 11.8 Å². The first-order chi connectivity index (χ1) is 14.0. The number of carboxylic acid groups (broad SMARTS) is 1. The molecule has 0 bridgehead atoms. The first kappa shape index (κ1) is 19.2. The number of carbonyl (C=O) groups is 1. The highest BCUT2D eigenvalue weighted by Gasteiger charge is 2.25. The number of aromatic nitrogens is 4. The van der Waals surface area contributed by atoms with E-state index in [2.05, 4.69) is 37.2 Å². The van der Waals surface area contributed by atoms with Gasteiger partial charge in [0.05, 0.1) is 0 Å². The van der Waals surface area contributed by atoms with Crippen LogP contribution in [0.1, 0.15) is 32.0 Å². The first-order valence-electron chi connectivity index (χ1n) is 9.34. The van der Waals surface area contributed by atoms with E-state index in [-0.39, 0.29) is 17.7 Å². The lowest BCUT2D eigenvalue weighted by molar-refractivity contribution is 0.205. The Morgan fingerprint density at radius 2 is 2.07 bits per heavy atom. The number of aliphatic imine (C=N–C) groups is 1. The van der Waals surface area contributed by atoms with Gasteiger partial charge in [-0.15, -0.1) is 0 Å². The van der Waals surface area contributed by atoms with Gasteiger partial charge < -0.3 is 21.1 Å². The molecule has 0 aliphatic heterocycles. The lowest BCUT2D eigenvalue weighted by Gasteiger charge is -2.32. The first-order valence-corrected chi connectivity index (χ1v) is 10.2. The summed E-state index contributed by atoms with van der Waals surface area (Å²) in [5, 5.41) is 13.0. The minimum atomic E-state index is -1.40. The SMILES string of the molecule is C[C@@H](Nc1nc(/C(N)=N/C(=O)O)nc2nc(Sc3ccccc3)[nH]c12)C1CCC1. The van der Waals surface area contributed by atoms with Gasteiger partial charge in [-0.1, -0.05) is 36.4 Å². The molecule has 3 aromatic rings. The van der Waals surface area contributed by atoms with Gasteiger partial charge in [-0.05, 0) is 37.8 Å². The van der Waals surface area contributed by atoms with Crippen LogP contribution in [0.5, 0.6) is 0 Å². The second-order valence-electron chi connectivity index (χ2n) is 6.96. The third kappa shape index (κ3) is 4.32. The van der Waals surface area contributed by atoms with Crippen molar-refractivity contribution < 1.29 is 9.90 Å². The van der Waals surface area contributed by atoms with Crippen molar-refractivity contribution in [2.75, 3.05) is 5.32 Å². The van der Waals surface area contributed by atoms with Gasteiger partial charge in [-0.25, -0.2) is 19.7 Å². The summed E-state index contributed by atoms with van der Waals surface area (Å²) < 4.78 is 0. The number of aromatic amines is 1. The molecule has 0 saturated heterocycles. The zero-order valence-electron chi connectivity index (χ0n) is 15.8. The number of rotatable bonds is 6. The van der Waals surface area contributed by atoms with Crippen LogP contribution < -0.4 is 11.1 Å². The molecule has 2 aromatic heterocycles. The maximum Gasteiger partial charge on any atom is 0.433 e. The van der Waals surface area contributed by atoms with Crippen molar-refractivity contribution in [1.29, 1.82) is 0 Å². The summed E-state index contributed by atoms with van der Waals surface area (Å²) in [5.41, 5.74) is 6.84. The van der Waals surface area contributed by atoms with E-state index in [0.717, 1.165) is 4.90 Å². The lowest BCUT2D eigenvalue weighted by atomic mass is 9.80. The number of amidine groups is 1. The zero-order chi connectivity index (χ0) is 20.4. The molecule has 9 nitrogen and oxygen atoms in total. The van der Waals surface area contributed by atoms with Gasteiger partial charge in [-0.3, -0.25) is 0 Å². The summed E-state index contributed by atoms with van der Waals surface area (Å²) in [6, 6.07) is 10.1. The number of benzene rings is 1. The summed E-state index contributed by atoms with van der Waals surface area (Å²) >= 11 is 1.47. The molecule has 1 aromatic carbocycles. The Kier molecular flexibility index (Phi) is 5.34. The van der Waals surface area contributed by atoms with Crippen LogP contribution in [0.3, 0.4) is 0 Å². The number of nitrogens with one attached hydrogen (secondary N) is 2. The van der Waals surface area contributed by atoms with Crippen molar-refractivity contribution in [2.24, 2.45) is 16.6 Å². The van der Waals surface area contributed by atoms with Crippen LogP contribution in [0.25, 0.3) is 11.2 Å². The maximum atomic E-state index is 10.9. The molecular weight excluding hydrogens is 390 g/mol. The highest BCUT2D eigenvalue weighted by Crippen LogP contribution is 2.33. The van der Waals surface area contributed by atoms with Gasteiger partial charge in [0.1, 0.15) is 5.52 Å². The Morgan fingerprint density at radius 1 is 1.31 bits per heavy atom. The van der Waals surface area contributed by atoms with Crippen molar-refractivity contribution in [1.82, 2.24) is 19.9 Å². The predicted octanol–water partition coefficient (Wildman–Crippen LogP) is 3.49. The minimum absolute atomic E-state index is 0.0333. The maximum absolute atomic E-state index is 10.9. The third-order valence-electron chi connectivity index (χ3n) is 4.95. The summed E-state index contributed by atoms with van der Waals surface area (Å²) in [6.07, 6.45) is 2.19. The second kappa shape index (κ2) is 8.08. The second-order valence-corrected chi connectivity index (χ2v) is 8.02. The molecule has 2 heterocycles. The van der Waals surface area contributed by atoms with Gasteiger partial charge in [0.25, 0.3) is 0 Å². The zero-order valence-corrected chi connectivity index (χ0v) is 16.6. The van der Waals surface area contributed by atoms with E-state index in [1.165, 1.54) is 31.0 Å². The van der Waals surface area contributed by atoms with E-state index in [9.17, 15) is 4.79 Å². The van der Waals surface area contributed by atoms with Crippen LogP contribution in [0.15, 0.2) is 45.4 Å². The highest BCUT2D eigenvalue weighted by atomic mass is 32.2. The average Bonchev–Trinajstić information content (AvgIpc) is 3.03. The van der Waals surface area contributed by atoms with Crippen molar-refractivity contribution in [3.8, 4) is 0 Å². The quantitative estimate of drug-likeness (QED) is 0.357. The molecule has 1 fully saturated rings. The molecule has 10 heteroatoms. The minimum Gasteiger partial charge on any atom is -0.463 e. The van der Waals surface area contributed by atoms with Crippen molar-refractivity contribution in [3.05, 3.63) is 36.2 Å². The molecule has 1 saturated carbocycles. The fourth-order valence-electron chi connectivity index (χ4n) is 3.17. The van der Waals surface area contributed by atoms with E-state index in [4.69, 9.17) is 10.8 Å². The van der Waals surface area contributed by atoms with Crippen molar-refractivity contribution in [3.63, 3.8) is 0 Å². The molecule has 1 amide bonds. The van der Waals surface area contributed by atoms with E-state index in [1.807, 2.05) is 30.3 Å². The molecule has 1 atom stereocenters. The largest absolute Gasteiger partial charge is 0.463 e. The van der Waals surface area contributed by atoms with E-state index in [0.29, 0.717) is 28.1 Å². The van der Waals surface area contributed by atoms with Crippen molar-refractivity contribution >= 4 is 40.7 Å². The van der Waals surface area contributed by atoms with Crippen LogP contribution in [-0.4, -0.2) is 43.0 Å². The predicted molar refractivity (Wildman–Crippen MR) is 111 cm³/mol. The average molecular weight is 411 g/mol. The van der Waals surface area contributed by atoms with Gasteiger partial charge >= 0.3 is 6.09 Å². The van der Waals surface area contributed by atoms with Crippen molar-refractivity contribution in [2.45, 2.75) is 42.3 Å². The number of nitrogens with zero attached hydrogens (tertiary/aromatic N) is 4. The number of H-pyrrole nitrogens is 1. The fraction of sp³-hybridized carbons (Fsp3) is 0.316. The highest BCUT2D eigenvalue weighted by molar-refractivity contribution is 7.99. The topological polar surface area (TPSA) is 142 Å². The molecule has 1 aliphatic carbocycles. The number of nitrogens with two attached hydrogens (primary N) is 1. The molecule has 29 heavy (non-hydrogen) atoms. The van der Waals surface area contributed by atoms with E-state index >= 15 is 0 Å². The van der Waals surface area contributed by atoms with E-state index < -0.39 is 6.09 Å². The molecule has 0 unspecified atom stereocenters. The number of hydrogen-bond acceptors (Lipinski definition) is 6. The monoisotopic (exact) mass is 411 g/mol. The van der Waals surface area contributed by atoms with Crippen LogP contribution in [0.2, 0.25) is 0 Å². The fourth-order valence-corrected chi connectivity index (χ4v) is 3.97. The van der Waals surface area contributed by atoms with Gasteiger partial charge in [-0.2, -0.15) is 4.99 Å². The number of imidazole rings is 1. The molecule has 1 aliphatic rings. The molecule has 5 N–H and O–H groups in total. The van der Waals surface area contributed by atoms with E-state index in [1.54, 1.807) is 0 Å². The number of amides is 1. The number of hydrogen-bond donors (Lipinski definition) is 4. The summed E-state index contributed by atoms with van der Waals surface area (Å²) in [4.78, 5) is 31.8. The Labute approximate surface area is 171 Å². The van der Waals surface area contributed by atoms with Gasteiger partial charge in [0.15, 0.2) is 28.3 Å². The van der Waals surface area contributed by atoms with Crippen LogP contribution in [-0.2, 0) is 0 Å². The number of anilines is 1. The molecular formula is C19H21N7O2S. The third-order valence-corrected chi connectivity index (χ3v) is 5.85. The standard InChI is InChI=1S/C19H21N7O2S/c1-10(11-6-5-7-11)21-15-13-16(25-17(24-15)14(20)23-19(27)28)26-18(22-13)29-12-8-3-2-4-9-12/h2-4,8-11H,5-7H2,1H3,(H2,20,23)(H,27,28)(H2,21,22,24,25,26)/t10-/m1/s1. The molecule has 0 radical (unpaired) electrons. The molecule has 0 spiro atoms. The van der Waals surface area contributed by atoms with Crippen LogP contribution in [0.4, 0.5) is 10.6 Å².